The van der Waals surface area contributed by atoms with E-state index in [9.17, 15) is 34.2 Å². The van der Waals surface area contributed by atoms with E-state index in [1.54, 1.807) is 38.1 Å². The van der Waals surface area contributed by atoms with Crippen molar-refractivity contribution < 1.29 is 48.4 Å². The fraction of sp³-hybridized carbons (Fsp3) is 0.387. The summed E-state index contributed by atoms with van der Waals surface area (Å²) in [7, 11) is 2.11. The molecule has 0 radical (unpaired) electrons. The average molecular weight is 582 g/mol. The highest BCUT2D eigenvalue weighted by atomic mass is 16.6. The van der Waals surface area contributed by atoms with Crippen molar-refractivity contribution in [2.24, 2.45) is 0 Å². The Kier molecular flexibility index (Phi) is 11.0. The quantitative estimate of drug-likeness (QED) is 0.330. The summed E-state index contributed by atoms with van der Waals surface area (Å²) in [5, 5.41) is 18.6. The number of rotatable bonds is 9. The van der Waals surface area contributed by atoms with E-state index in [0.717, 1.165) is 29.5 Å². The molecule has 2 aromatic rings. The lowest BCUT2D eigenvalue weighted by Gasteiger charge is -2.30. The Bertz CT molecular complexity index is 1260. The van der Waals surface area contributed by atoms with Crippen molar-refractivity contribution in [2.45, 2.75) is 64.3 Å². The number of hydrogen-bond donors (Lipinski definition) is 2. The number of carboxylic acids is 2. The minimum absolute atomic E-state index is 0.0332. The second-order valence-corrected chi connectivity index (χ2v) is 10.1. The number of aliphatic carboxylic acids is 2. The maximum Gasteiger partial charge on any atom is 0.349 e. The van der Waals surface area contributed by atoms with Gasteiger partial charge in [-0.15, -0.1) is 0 Å². The first-order valence-corrected chi connectivity index (χ1v) is 13.5. The van der Waals surface area contributed by atoms with Crippen LogP contribution in [0, 0.1) is 13.8 Å². The molecule has 0 spiro atoms. The van der Waals surface area contributed by atoms with Crippen LogP contribution in [-0.2, 0) is 28.6 Å². The van der Waals surface area contributed by atoms with Crippen molar-refractivity contribution in [3.8, 4) is 0 Å². The van der Waals surface area contributed by atoms with Gasteiger partial charge in [-0.1, -0.05) is 41.5 Å². The van der Waals surface area contributed by atoms with Gasteiger partial charge in [0, 0.05) is 12.1 Å². The van der Waals surface area contributed by atoms with Crippen LogP contribution in [0.25, 0.3) is 0 Å². The minimum atomic E-state index is -2.22. The predicted molar refractivity (Wildman–Crippen MR) is 150 cm³/mol. The van der Waals surface area contributed by atoms with Crippen LogP contribution < -0.4 is 0 Å². The number of likely N-dealkylation sites (N-methyl/N-ethyl adjacent to an activating group) is 1. The molecule has 2 heterocycles. The van der Waals surface area contributed by atoms with Gasteiger partial charge >= 0.3 is 29.8 Å². The van der Waals surface area contributed by atoms with Crippen LogP contribution in [0.5, 0.6) is 0 Å². The van der Waals surface area contributed by atoms with E-state index in [4.69, 9.17) is 14.2 Å². The van der Waals surface area contributed by atoms with E-state index in [-0.39, 0.29) is 17.1 Å². The topological polar surface area (TPSA) is 157 Å². The highest BCUT2D eigenvalue weighted by molar-refractivity contribution is 5.95. The van der Waals surface area contributed by atoms with Crippen LogP contribution in [0.15, 0.2) is 60.2 Å². The number of fused-ring (bicyclic) bond motifs is 2. The number of carbonyl (C=O) groups is 5. The maximum atomic E-state index is 12.2. The van der Waals surface area contributed by atoms with Crippen LogP contribution in [0.2, 0.25) is 0 Å². The Morgan fingerprint density at radius 1 is 0.786 bits per heavy atom. The molecule has 2 N–H and O–H groups in total. The van der Waals surface area contributed by atoms with E-state index in [1.165, 1.54) is 30.7 Å². The van der Waals surface area contributed by atoms with Gasteiger partial charge < -0.3 is 24.4 Å². The van der Waals surface area contributed by atoms with Crippen LogP contribution in [0.3, 0.4) is 0 Å². The van der Waals surface area contributed by atoms with Crippen molar-refractivity contribution in [3.63, 3.8) is 0 Å². The summed E-state index contributed by atoms with van der Waals surface area (Å²) in [6.45, 7) is 5.90. The number of carboxylic acid groups (broad SMARTS) is 2. The molecule has 4 atom stereocenters. The molecule has 2 aliphatic heterocycles. The maximum absolute atomic E-state index is 12.2. The number of carbonyl (C=O) groups excluding carboxylic acids is 3. The zero-order valence-corrected chi connectivity index (χ0v) is 23.9. The van der Waals surface area contributed by atoms with Crippen LogP contribution in [0.4, 0.5) is 0 Å². The summed E-state index contributed by atoms with van der Waals surface area (Å²) in [6, 6.07) is 13.0. The number of ether oxygens (including phenoxy) is 3. The van der Waals surface area contributed by atoms with Gasteiger partial charge in [0.25, 0.3) is 0 Å². The molecule has 0 saturated carbocycles. The molecule has 11 heteroatoms. The van der Waals surface area contributed by atoms with Gasteiger partial charge in [0.2, 0.25) is 12.2 Å². The van der Waals surface area contributed by atoms with Crippen LogP contribution in [0.1, 0.15) is 58.0 Å². The van der Waals surface area contributed by atoms with Gasteiger partial charge in [0.15, 0.2) is 0 Å². The molecule has 2 bridgehead atoms. The number of benzene rings is 2. The molecular formula is C31H35NO10. The molecule has 4 rings (SSSR count). The normalized spacial score (nSPS) is 18.8. The monoisotopic (exact) mass is 581 g/mol. The van der Waals surface area contributed by atoms with Crippen LogP contribution in [-0.4, -0.2) is 82.9 Å². The lowest BCUT2D eigenvalue weighted by Crippen LogP contribution is -2.45. The number of esters is 3. The van der Waals surface area contributed by atoms with E-state index >= 15 is 0 Å². The Labute approximate surface area is 243 Å². The minimum Gasteiger partial charge on any atom is -0.478 e. The average Bonchev–Trinajstić information content (AvgIpc) is 3.16. The molecule has 42 heavy (non-hydrogen) atoms. The predicted octanol–water partition coefficient (Wildman–Crippen LogP) is 3.57. The Balaban J connectivity index is 0.000000287. The first-order valence-electron chi connectivity index (χ1n) is 13.5. The molecule has 2 aliphatic rings. The molecule has 1 fully saturated rings. The summed E-state index contributed by atoms with van der Waals surface area (Å²) < 4.78 is 14.7. The second kappa shape index (κ2) is 14.4. The number of nitrogens with zero attached hydrogens (tertiary/aromatic N) is 1. The van der Waals surface area contributed by atoms with E-state index in [1.807, 2.05) is 6.92 Å². The van der Waals surface area contributed by atoms with Crippen molar-refractivity contribution in [2.75, 3.05) is 13.7 Å². The number of hydrogen-bond acceptors (Lipinski definition) is 9. The highest BCUT2D eigenvalue weighted by Gasteiger charge is 2.41. The van der Waals surface area contributed by atoms with Crippen molar-refractivity contribution in [1.29, 1.82) is 0 Å². The third-order valence-electron chi connectivity index (χ3n) is 7.13. The standard InChI is InChI=1S/C20H18O8.C11H17NO2/c1-11-3-7-13(8-4-11)19(25)27-15(17(21)22)16(18(23)24)28-20(26)14-9-5-12(2)6-10-14;1-3-14-11(13)9-6-4-8-5-7-10(9)12(8)2/h3-10,15-16H,1-2H3,(H,21,22)(H,23,24);6,8,10H,3-5,7H2,1-2H3/t15-,16-;8-,10?/m10/s1. The summed E-state index contributed by atoms with van der Waals surface area (Å²) in [4.78, 5) is 61.3. The lowest BCUT2D eigenvalue weighted by molar-refractivity contribution is -0.166. The zero-order chi connectivity index (χ0) is 31.0. The lowest BCUT2D eigenvalue weighted by atomic mass is 10.0. The van der Waals surface area contributed by atoms with E-state index in [2.05, 4.69) is 18.0 Å². The Morgan fingerprint density at radius 2 is 1.24 bits per heavy atom. The molecule has 1 unspecified atom stereocenters. The summed E-state index contributed by atoms with van der Waals surface area (Å²) in [5.74, 6) is -5.74. The second-order valence-electron chi connectivity index (χ2n) is 10.1. The molecule has 2 aromatic carbocycles. The van der Waals surface area contributed by atoms with Crippen LogP contribution >= 0.6 is 0 Å². The molecule has 0 aliphatic carbocycles. The van der Waals surface area contributed by atoms with Gasteiger partial charge in [0.1, 0.15) is 0 Å². The summed E-state index contributed by atoms with van der Waals surface area (Å²) in [6.07, 6.45) is 0.940. The highest BCUT2D eigenvalue weighted by Crippen LogP contribution is 2.34. The molecule has 0 amide bonds. The van der Waals surface area contributed by atoms with Gasteiger partial charge in [-0.05, 0) is 71.3 Å². The fourth-order valence-electron chi connectivity index (χ4n) is 4.73. The smallest absolute Gasteiger partial charge is 0.349 e. The van der Waals surface area contributed by atoms with Crippen molar-refractivity contribution >= 4 is 29.8 Å². The molecule has 1 saturated heterocycles. The first kappa shape index (κ1) is 32.0. The largest absolute Gasteiger partial charge is 0.478 e. The number of aryl methyl sites for hydroxylation is 2. The zero-order valence-electron chi connectivity index (χ0n) is 23.9. The van der Waals surface area contributed by atoms with Gasteiger partial charge in [-0.2, -0.15) is 0 Å². The summed E-state index contributed by atoms with van der Waals surface area (Å²) in [5.41, 5.74) is 2.67. The molecular weight excluding hydrogens is 546 g/mol. The van der Waals surface area contributed by atoms with Crippen molar-refractivity contribution in [3.05, 3.63) is 82.4 Å². The molecule has 11 nitrogen and oxygen atoms in total. The molecule has 224 valence electrons. The fourth-order valence-corrected chi connectivity index (χ4v) is 4.73. The Morgan fingerprint density at radius 3 is 1.64 bits per heavy atom. The summed E-state index contributed by atoms with van der Waals surface area (Å²) >= 11 is 0. The SMILES string of the molecule is CCOC(=O)C1=CC[C@H]2CCC1N2C.Cc1ccc(C(=O)O[C@@H](C(=O)O)[C@@H](OC(=O)c2ccc(C)cc2)C(=O)O)cc1. The third-order valence-corrected chi connectivity index (χ3v) is 7.13. The molecule has 0 aromatic heterocycles. The van der Waals surface area contributed by atoms with Gasteiger partial charge in [-0.3, -0.25) is 4.90 Å². The van der Waals surface area contributed by atoms with E-state index in [0.29, 0.717) is 18.7 Å². The van der Waals surface area contributed by atoms with Gasteiger partial charge in [0.05, 0.1) is 23.3 Å². The van der Waals surface area contributed by atoms with Crippen molar-refractivity contribution in [1.82, 2.24) is 4.90 Å². The first-order chi connectivity index (χ1) is 19.9. The third kappa shape index (κ3) is 8.03. The van der Waals surface area contributed by atoms with E-state index < -0.39 is 36.1 Å². The van der Waals surface area contributed by atoms with Gasteiger partial charge in [-0.25, -0.2) is 24.0 Å². The Hall–Kier alpha value is -4.51.